The summed E-state index contributed by atoms with van der Waals surface area (Å²) >= 11 is 0. The third-order valence-electron chi connectivity index (χ3n) is 2.33. The van der Waals surface area contributed by atoms with E-state index in [-0.39, 0.29) is 5.91 Å². The lowest BCUT2D eigenvalue weighted by atomic mass is 10.2. The van der Waals surface area contributed by atoms with Crippen LogP contribution >= 0.6 is 0 Å². The van der Waals surface area contributed by atoms with Gasteiger partial charge >= 0.3 is 5.97 Å². The molecule has 0 aromatic carbocycles. The smallest absolute Gasteiger partial charge is 0.322 e. The van der Waals surface area contributed by atoms with E-state index in [1.165, 1.54) is 5.01 Å². The van der Waals surface area contributed by atoms with Crippen LogP contribution < -0.4 is 0 Å². The van der Waals surface area contributed by atoms with Gasteiger partial charge in [-0.15, -0.1) is 0 Å². The minimum atomic E-state index is -0.901. The van der Waals surface area contributed by atoms with Gasteiger partial charge in [0.2, 0.25) is 5.91 Å². The Morgan fingerprint density at radius 2 is 2.23 bits per heavy atom. The lowest BCUT2D eigenvalue weighted by Gasteiger charge is -2.38. The highest BCUT2D eigenvalue weighted by atomic mass is 16.4. The Balaban J connectivity index is 2.67. The Kier molecular flexibility index (Phi) is 2.87. The molecule has 0 bridgehead atoms. The normalized spacial score (nSPS) is 21.7. The van der Waals surface area contributed by atoms with E-state index in [1.807, 2.05) is 0 Å². The van der Waals surface area contributed by atoms with Crippen LogP contribution in [0, 0.1) is 0 Å². The molecule has 13 heavy (non-hydrogen) atoms. The monoisotopic (exact) mass is 186 g/mol. The van der Waals surface area contributed by atoms with Crippen LogP contribution in [-0.4, -0.2) is 46.6 Å². The van der Waals surface area contributed by atoms with E-state index >= 15 is 0 Å². The largest absolute Gasteiger partial charge is 0.480 e. The van der Waals surface area contributed by atoms with Gasteiger partial charge in [-0.05, 0) is 13.3 Å². The standard InChI is InChI=1S/C8H14N2O3/c1-6(8(12)13)10-5-3-4-7(11)9(10)2/h6H,3-5H2,1-2H3,(H,12,13). The number of rotatable bonds is 2. The van der Waals surface area contributed by atoms with Crippen molar-refractivity contribution in [1.29, 1.82) is 0 Å². The summed E-state index contributed by atoms with van der Waals surface area (Å²) in [4.78, 5) is 21.9. The first kappa shape index (κ1) is 9.98. The van der Waals surface area contributed by atoms with E-state index in [1.54, 1.807) is 19.0 Å². The van der Waals surface area contributed by atoms with Gasteiger partial charge in [-0.25, -0.2) is 5.01 Å². The average Bonchev–Trinajstić information content (AvgIpc) is 2.08. The molecule has 1 saturated heterocycles. The molecule has 1 aliphatic rings. The number of amides is 1. The Morgan fingerprint density at radius 1 is 1.62 bits per heavy atom. The number of carboxylic acid groups (broad SMARTS) is 1. The van der Waals surface area contributed by atoms with Crippen LogP contribution in [0.15, 0.2) is 0 Å². The summed E-state index contributed by atoms with van der Waals surface area (Å²) in [5.74, 6) is -0.916. The summed E-state index contributed by atoms with van der Waals surface area (Å²) in [5, 5.41) is 11.7. The molecule has 74 valence electrons. The van der Waals surface area contributed by atoms with Crippen LogP contribution in [-0.2, 0) is 9.59 Å². The second kappa shape index (κ2) is 3.74. The molecule has 0 aromatic rings. The molecule has 1 rings (SSSR count). The van der Waals surface area contributed by atoms with E-state index < -0.39 is 12.0 Å². The second-order valence-corrected chi connectivity index (χ2v) is 3.20. The van der Waals surface area contributed by atoms with Crippen LogP contribution in [0.2, 0.25) is 0 Å². The highest BCUT2D eigenvalue weighted by Crippen LogP contribution is 2.13. The maximum Gasteiger partial charge on any atom is 0.322 e. The van der Waals surface area contributed by atoms with Crippen molar-refractivity contribution < 1.29 is 14.7 Å². The molecule has 1 unspecified atom stereocenters. The van der Waals surface area contributed by atoms with Crippen molar-refractivity contribution in [1.82, 2.24) is 10.0 Å². The summed E-state index contributed by atoms with van der Waals surface area (Å²) in [6.45, 7) is 2.22. The van der Waals surface area contributed by atoms with Crippen LogP contribution in [0.4, 0.5) is 0 Å². The van der Waals surface area contributed by atoms with Crippen molar-refractivity contribution in [3.63, 3.8) is 0 Å². The van der Waals surface area contributed by atoms with Gasteiger partial charge < -0.3 is 5.11 Å². The highest BCUT2D eigenvalue weighted by molar-refractivity contribution is 5.78. The van der Waals surface area contributed by atoms with Crippen molar-refractivity contribution in [2.24, 2.45) is 0 Å². The molecule has 0 aliphatic carbocycles. The second-order valence-electron chi connectivity index (χ2n) is 3.20. The van der Waals surface area contributed by atoms with Crippen molar-refractivity contribution >= 4 is 11.9 Å². The first-order valence-corrected chi connectivity index (χ1v) is 4.30. The quantitative estimate of drug-likeness (QED) is 0.655. The molecule has 5 nitrogen and oxygen atoms in total. The van der Waals surface area contributed by atoms with E-state index in [2.05, 4.69) is 0 Å². The van der Waals surface area contributed by atoms with E-state index in [0.29, 0.717) is 13.0 Å². The van der Waals surface area contributed by atoms with Gasteiger partial charge in [0.25, 0.3) is 0 Å². The number of carbonyl (C=O) groups is 2. The predicted octanol–water partition coefficient (Wildman–Crippen LogP) is -0.0713. The molecule has 0 saturated carbocycles. The lowest BCUT2D eigenvalue weighted by Crippen LogP contribution is -2.54. The van der Waals surface area contributed by atoms with Gasteiger partial charge in [0, 0.05) is 20.0 Å². The molecule has 1 N–H and O–H groups in total. The number of nitrogens with zero attached hydrogens (tertiary/aromatic N) is 2. The van der Waals surface area contributed by atoms with Crippen molar-refractivity contribution in [3.05, 3.63) is 0 Å². The number of hydrogen-bond acceptors (Lipinski definition) is 3. The minimum Gasteiger partial charge on any atom is -0.480 e. The summed E-state index contributed by atoms with van der Waals surface area (Å²) in [7, 11) is 1.61. The number of hydrazine groups is 1. The topological polar surface area (TPSA) is 60.9 Å². The SMILES string of the molecule is CC(C(=O)O)N1CCCC(=O)N1C. The molecule has 1 aliphatic heterocycles. The number of hydrogen-bond donors (Lipinski definition) is 1. The molecule has 1 atom stereocenters. The molecular weight excluding hydrogens is 172 g/mol. The van der Waals surface area contributed by atoms with Crippen molar-refractivity contribution in [2.75, 3.05) is 13.6 Å². The lowest BCUT2D eigenvalue weighted by molar-refractivity contribution is -0.165. The van der Waals surface area contributed by atoms with E-state index in [9.17, 15) is 9.59 Å². The fraction of sp³-hybridized carbons (Fsp3) is 0.750. The molecule has 0 spiro atoms. The number of carbonyl (C=O) groups excluding carboxylic acids is 1. The van der Waals surface area contributed by atoms with E-state index in [0.717, 1.165) is 6.42 Å². The van der Waals surface area contributed by atoms with Crippen LogP contribution in [0.25, 0.3) is 0 Å². The predicted molar refractivity (Wildman–Crippen MR) is 45.8 cm³/mol. The third-order valence-corrected chi connectivity index (χ3v) is 2.33. The Morgan fingerprint density at radius 3 is 2.77 bits per heavy atom. The molecule has 5 heteroatoms. The number of aliphatic carboxylic acids is 1. The van der Waals surface area contributed by atoms with Crippen molar-refractivity contribution in [2.45, 2.75) is 25.8 Å². The van der Waals surface area contributed by atoms with Crippen LogP contribution in [0.3, 0.4) is 0 Å². The summed E-state index contributed by atoms with van der Waals surface area (Å²) in [5.41, 5.74) is 0. The summed E-state index contributed by atoms with van der Waals surface area (Å²) < 4.78 is 0. The molecule has 0 aromatic heterocycles. The van der Waals surface area contributed by atoms with Gasteiger partial charge in [0.05, 0.1) is 0 Å². The molecular formula is C8H14N2O3. The first-order valence-electron chi connectivity index (χ1n) is 4.30. The van der Waals surface area contributed by atoms with Crippen LogP contribution in [0.1, 0.15) is 19.8 Å². The van der Waals surface area contributed by atoms with Gasteiger partial charge in [0.15, 0.2) is 0 Å². The zero-order valence-electron chi connectivity index (χ0n) is 7.86. The summed E-state index contributed by atoms with van der Waals surface area (Å²) in [6, 6.07) is -0.630. The number of carboxylic acids is 1. The maximum absolute atomic E-state index is 11.2. The van der Waals surface area contributed by atoms with E-state index in [4.69, 9.17) is 5.11 Å². The van der Waals surface area contributed by atoms with Gasteiger partial charge in [0.1, 0.15) is 6.04 Å². The highest BCUT2D eigenvalue weighted by Gasteiger charge is 2.29. The minimum absolute atomic E-state index is 0.0145. The zero-order valence-corrected chi connectivity index (χ0v) is 7.86. The fourth-order valence-corrected chi connectivity index (χ4v) is 1.43. The average molecular weight is 186 g/mol. The van der Waals surface area contributed by atoms with Crippen LogP contribution in [0.5, 0.6) is 0 Å². The molecule has 1 heterocycles. The molecule has 0 radical (unpaired) electrons. The maximum atomic E-state index is 11.2. The Hall–Kier alpha value is -1.10. The van der Waals surface area contributed by atoms with Gasteiger partial charge in [-0.2, -0.15) is 0 Å². The molecule has 1 amide bonds. The first-order chi connectivity index (χ1) is 6.04. The third kappa shape index (κ3) is 1.98. The Labute approximate surface area is 76.9 Å². The fourth-order valence-electron chi connectivity index (χ4n) is 1.43. The van der Waals surface area contributed by atoms with Crippen molar-refractivity contribution in [3.8, 4) is 0 Å². The Bertz CT molecular complexity index is 225. The van der Waals surface area contributed by atoms with Gasteiger partial charge in [-0.3, -0.25) is 14.6 Å². The van der Waals surface area contributed by atoms with Gasteiger partial charge in [-0.1, -0.05) is 0 Å². The summed E-state index contributed by atoms with van der Waals surface area (Å²) in [6.07, 6.45) is 1.25. The molecule has 1 fully saturated rings. The zero-order chi connectivity index (χ0) is 10.0.